The molecule has 2 aromatic rings. The Hall–Kier alpha value is -2.09. The fourth-order valence-corrected chi connectivity index (χ4v) is 2.05. The highest BCUT2D eigenvalue weighted by molar-refractivity contribution is 7.71. The van der Waals surface area contributed by atoms with Gasteiger partial charge in [0.15, 0.2) is 10.5 Å². The lowest BCUT2D eigenvalue weighted by Gasteiger charge is -2.09. The van der Waals surface area contributed by atoms with Crippen LogP contribution >= 0.6 is 12.2 Å². The van der Waals surface area contributed by atoms with Gasteiger partial charge in [0, 0.05) is 12.6 Å². The molecule has 2 N–H and O–H groups in total. The van der Waals surface area contributed by atoms with Crippen LogP contribution in [0, 0.1) is 4.77 Å². The molecule has 0 saturated carbocycles. The van der Waals surface area contributed by atoms with E-state index < -0.39 is 17.7 Å². The Balaban J connectivity index is 2.69. The number of hydrogen-bond acceptors (Lipinski definition) is 2. The van der Waals surface area contributed by atoms with Gasteiger partial charge >= 0.3 is 12.1 Å². The van der Waals surface area contributed by atoms with E-state index in [2.05, 4.69) is 4.98 Å². The van der Waals surface area contributed by atoms with Crippen molar-refractivity contribution in [3.63, 3.8) is 0 Å². The van der Waals surface area contributed by atoms with E-state index in [1.165, 1.54) is 23.7 Å². The Morgan fingerprint density at radius 2 is 2.05 bits per heavy atom. The third-order valence-electron chi connectivity index (χ3n) is 2.79. The predicted molar refractivity (Wildman–Crippen MR) is 68.0 cm³/mol. The van der Waals surface area contributed by atoms with Crippen LogP contribution in [0.4, 0.5) is 13.2 Å². The van der Waals surface area contributed by atoms with E-state index in [4.69, 9.17) is 17.3 Å². The maximum Gasteiger partial charge on any atom is 0.416 e. The molecule has 0 atom stereocenters. The normalized spacial score (nSPS) is 11.6. The summed E-state index contributed by atoms with van der Waals surface area (Å²) in [7, 11) is 1.49. The Kier molecular flexibility index (Phi) is 3.43. The molecule has 0 aliphatic heterocycles. The van der Waals surface area contributed by atoms with Crippen LogP contribution in [0.1, 0.15) is 16.1 Å². The van der Waals surface area contributed by atoms with E-state index in [0.29, 0.717) is 0 Å². The van der Waals surface area contributed by atoms with E-state index >= 15 is 0 Å². The molecule has 1 aromatic carbocycles. The number of nitrogens with one attached hydrogen (secondary N) is 1. The van der Waals surface area contributed by atoms with E-state index in [9.17, 15) is 18.0 Å². The standard InChI is InChI=1S/C12H9F3N2O2S/c1-17-9(8(10(18)19)16-11(17)20)6-3-2-4-7(5-6)12(13,14)15/h2-5H,1H3,(H,16,20)(H,18,19). The van der Waals surface area contributed by atoms with E-state index in [-0.39, 0.29) is 21.7 Å². The molecule has 4 nitrogen and oxygen atoms in total. The van der Waals surface area contributed by atoms with E-state index in [1.54, 1.807) is 0 Å². The molecule has 0 radical (unpaired) electrons. The minimum absolute atomic E-state index is 0.105. The first kappa shape index (κ1) is 14.3. The molecular formula is C12H9F3N2O2S. The second-order valence-electron chi connectivity index (χ2n) is 4.10. The molecule has 20 heavy (non-hydrogen) atoms. The fourth-order valence-electron chi connectivity index (χ4n) is 1.85. The topological polar surface area (TPSA) is 58.0 Å². The Bertz CT molecular complexity index is 731. The highest BCUT2D eigenvalue weighted by Crippen LogP contribution is 2.33. The summed E-state index contributed by atoms with van der Waals surface area (Å²) in [4.78, 5) is 13.6. The first-order valence-electron chi connectivity index (χ1n) is 5.41. The minimum atomic E-state index is -4.49. The molecule has 0 aliphatic carbocycles. The van der Waals surface area contributed by atoms with Crippen LogP contribution in [0.2, 0.25) is 0 Å². The minimum Gasteiger partial charge on any atom is -0.477 e. The zero-order valence-corrected chi connectivity index (χ0v) is 11.0. The van der Waals surface area contributed by atoms with Crippen molar-refractivity contribution in [1.82, 2.24) is 9.55 Å². The van der Waals surface area contributed by atoms with Crippen molar-refractivity contribution in [2.75, 3.05) is 0 Å². The maximum absolute atomic E-state index is 12.7. The highest BCUT2D eigenvalue weighted by Gasteiger charge is 2.31. The fraction of sp³-hybridized carbons (Fsp3) is 0.167. The van der Waals surface area contributed by atoms with Crippen molar-refractivity contribution in [2.24, 2.45) is 7.05 Å². The van der Waals surface area contributed by atoms with Gasteiger partial charge in [0.25, 0.3) is 0 Å². The summed E-state index contributed by atoms with van der Waals surface area (Å²) in [6.07, 6.45) is -4.49. The van der Waals surface area contributed by atoms with Gasteiger partial charge in [-0.3, -0.25) is 0 Å². The van der Waals surface area contributed by atoms with Crippen molar-refractivity contribution >= 4 is 18.2 Å². The number of H-pyrrole nitrogens is 1. The third-order valence-corrected chi connectivity index (χ3v) is 3.16. The average Bonchev–Trinajstić information content (AvgIpc) is 2.65. The van der Waals surface area contributed by atoms with Gasteiger partial charge in [0.2, 0.25) is 0 Å². The Morgan fingerprint density at radius 3 is 2.60 bits per heavy atom. The molecule has 0 aliphatic rings. The lowest BCUT2D eigenvalue weighted by Crippen LogP contribution is -2.06. The van der Waals surface area contributed by atoms with Crippen molar-refractivity contribution < 1.29 is 23.1 Å². The van der Waals surface area contributed by atoms with E-state index in [0.717, 1.165) is 12.1 Å². The molecule has 1 heterocycles. The first-order chi connectivity index (χ1) is 9.21. The number of halogens is 3. The zero-order chi connectivity index (χ0) is 15.1. The maximum atomic E-state index is 12.7. The van der Waals surface area contributed by atoms with Crippen LogP contribution in [0.25, 0.3) is 11.3 Å². The SMILES string of the molecule is Cn1c(-c2cccc(C(F)(F)F)c2)c(C(=O)O)[nH]c1=S. The molecule has 0 spiro atoms. The number of benzene rings is 1. The van der Waals surface area contributed by atoms with Crippen molar-refractivity contribution in [3.05, 3.63) is 40.3 Å². The van der Waals surface area contributed by atoms with Gasteiger partial charge in [-0.15, -0.1) is 0 Å². The number of carboxylic acid groups (broad SMARTS) is 1. The molecule has 0 amide bonds. The van der Waals surface area contributed by atoms with Gasteiger partial charge in [-0.05, 0) is 24.4 Å². The molecule has 8 heteroatoms. The zero-order valence-electron chi connectivity index (χ0n) is 10.2. The van der Waals surface area contributed by atoms with Crippen LogP contribution in [-0.4, -0.2) is 20.6 Å². The molecule has 106 valence electrons. The molecule has 0 bridgehead atoms. The molecular weight excluding hydrogens is 293 g/mol. The summed E-state index contributed by atoms with van der Waals surface area (Å²) in [5.41, 5.74) is -0.851. The van der Waals surface area contributed by atoms with Crippen LogP contribution < -0.4 is 0 Å². The smallest absolute Gasteiger partial charge is 0.416 e. The van der Waals surface area contributed by atoms with Crippen molar-refractivity contribution in [2.45, 2.75) is 6.18 Å². The number of hydrogen-bond donors (Lipinski definition) is 2. The summed E-state index contributed by atoms with van der Waals surface area (Å²) in [6, 6.07) is 4.44. The first-order valence-corrected chi connectivity index (χ1v) is 5.82. The number of aromatic amines is 1. The second kappa shape index (κ2) is 4.78. The average molecular weight is 302 g/mol. The van der Waals surface area contributed by atoms with Gasteiger partial charge in [0.1, 0.15) is 0 Å². The van der Waals surface area contributed by atoms with Crippen molar-refractivity contribution in [3.8, 4) is 11.3 Å². The van der Waals surface area contributed by atoms with Crippen LogP contribution in [0.3, 0.4) is 0 Å². The van der Waals surface area contributed by atoms with Crippen LogP contribution in [0.5, 0.6) is 0 Å². The lowest BCUT2D eigenvalue weighted by atomic mass is 10.1. The lowest BCUT2D eigenvalue weighted by molar-refractivity contribution is -0.137. The van der Waals surface area contributed by atoms with Gasteiger partial charge < -0.3 is 14.7 Å². The van der Waals surface area contributed by atoms with E-state index in [1.807, 2.05) is 0 Å². The molecule has 2 rings (SSSR count). The summed E-state index contributed by atoms with van der Waals surface area (Å²) in [5.74, 6) is -1.29. The monoisotopic (exact) mass is 302 g/mol. The molecule has 0 unspecified atom stereocenters. The number of nitrogens with zero attached hydrogens (tertiary/aromatic N) is 1. The number of aromatic nitrogens is 2. The number of carbonyl (C=O) groups is 1. The Morgan fingerprint density at radius 1 is 1.40 bits per heavy atom. The predicted octanol–water partition coefficient (Wildman–Crippen LogP) is 3.47. The van der Waals surface area contributed by atoms with Gasteiger partial charge in [0.05, 0.1) is 11.3 Å². The van der Waals surface area contributed by atoms with Crippen LogP contribution in [0.15, 0.2) is 24.3 Å². The van der Waals surface area contributed by atoms with Gasteiger partial charge in [-0.1, -0.05) is 12.1 Å². The summed E-state index contributed by atoms with van der Waals surface area (Å²) in [5, 5.41) is 9.08. The quantitative estimate of drug-likeness (QED) is 0.835. The Labute approximate surface area is 116 Å². The number of aromatic carboxylic acids is 1. The molecule has 0 saturated heterocycles. The summed E-state index contributed by atoms with van der Waals surface area (Å²) >= 11 is 4.91. The molecule has 0 fully saturated rings. The number of rotatable bonds is 2. The van der Waals surface area contributed by atoms with Gasteiger partial charge in [-0.2, -0.15) is 13.2 Å². The number of carboxylic acids is 1. The summed E-state index contributed by atoms with van der Waals surface area (Å²) < 4.78 is 39.5. The second-order valence-corrected chi connectivity index (χ2v) is 4.48. The highest BCUT2D eigenvalue weighted by atomic mass is 32.1. The third kappa shape index (κ3) is 2.46. The van der Waals surface area contributed by atoms with Crippen LogP contribution in [-0.2, 0) is 13.2 Å². The summed E-state index contributed by atoms with van der Waals surface area (Å²) in [6.45, 7) is 0. The molecule has 1 aromatic heterocycles. The number of imidazole rings is 1. The largest absolute Gasteiger partial charge is 0.477 e. The number of alkyl halides is 3. The van der Waals surface area contributed by atoms with Crippen molar-refractivity contribution in [1.29, 1.82) is 0 Å². The van der Waals surface area contributed by atoms with Gasteiger partial charge in [-0.25, -0.2) is 4.79 Å².